The van der Waals surface area contributed by atoms with Crippen molar-refractivity contribution in [3.8, 4) is 0 Å². The summed E-state index contributed by atoms with van der Waals surface area (Å²) in [5, 5.41) is 3.90. The molecule has 1 aromatic carbocycles. The van der Waals surface area contributed by atoms with Gasteiger partial charge in [0.05, 0.1) is 16.4 Å². The van der Waals surface area contributed by atoms with E-state index in [9.17, 15) is 0 Å². The second kappa shape index (κ2) is 4.38. The predicted molar refractivity (Wildman–Crippen MR) is 59.2 cm³/mol. The summed E-state index contributed by atoms with van der Waals surface area (Å²) in [6.45, 7) is 5.16. The van der Waals surface area contributed by atoms with Gasteiger partial charge in [-0.1, -0.05) is 31.5 Å². The van der Waals surface area contributed by atoms with Gasteiger partial charge in [-0.15, -0.1) is 0 Å². The molecule has 0 bridgehead atoms. The van der Waals surface area contributed by atoms with Crippen LogP contribution in [0.5, 0.6) is 0 Å². The van der Waals surface area contributed by atoms with E-state index in [1.165, 1.54) is 0 Å². The van der Waals surface area contributed by atoms with Crippen molar-refractivity contribution in [2.24, 2.45) is 5.92 Å². The SMILES string of the molecule is CC(C)CNc1c(N)cccc1Cl. The molecular formula is C10H15ClN2. The lowest BCUT2D eigenvalue weighted by atomic mass is 10.2. The second-order valence-corrected chi connectivity index (χ2v) is 3.89. The summed E-state index contributed by atoms with van der Waals surface area (Å²) >= 11 is 5.97. The van der Waals surface area contributed by atoms with E-state index >= 15 is 0 Å². The Hall–Kier alpha value is -0.890. The number of anilines is 2. The van der Waals surface area contributed by atoms with Crippen LogP contribution in [-0.4, -0.2) is 6.54 Å². The minimum atomic E-state index is 0.579. The quantitative estimate of drug-likeness (QED) is 0.733. The average molecular weight is 199 g/mol. The fourth-order valence-corrected chi connectivity index (χ4v) is 1.28. The zero-order valence-electron chi connectivity index (χ0n) is 7.97. The van der Waals surface area contributed by atoms with Crippen molar-refractivity contribution < 1.29 is 0 Å². The molecule has 72 valence electrons. The maximum absolute atomic E-state index is 5.97. The first-order chi connectivity index (χ1) is 6.11. The fourth-order valence-electron chi connectivity index (χ4n) is 1.03. The van der Waals surface area contributed by atoms with Gasteiger partial charge in [-0.05, 0) is 18.1 Å². The molecule has 0 spiro atoms. The van der Waals surface area contributed by atoms with E-state index < -0.39 is 0 Å². The van der Waals surface area contributed by atoms with E-state index in [0.29, 0.717) is 16.6 Å². The van der Waals surface area contributed by atoms with Crippen molar-refractivity contribution in [3.63, 3.8) is 0 Å². The van der Waals surface area contributed by atoms with Crippen LogP contribution in [0.15, 0.2) is 18.2 Å². The van der Waals surface area contributed by atoms with Gasteiger partial charge in [0.2, 0.25) is 0 Å². The van der Waals surface area contributed by atoms with Gasteiger partial charge in [-0.3, -0.25) is 0 Å². The van der Waals surface area contributed by atoms with Crippen molar-refractivity contribution in [3.05, 3.63) is 23.2 Å². The van der Waals surface area contributed by atoms with Gasteiger partial charge in [0.25, 0.3) is 0 Å². The largest absolute Gasteiger partial charge is 0.397 e. The first kappa shape index (κ1) is 10.2. The van der Waals surface area contributed by atoms with Crippen LogP contribution < -0.4 is 11.1 Å². The number of rotatable bonds is 3. The highest BCUT2D eigenvalue weighted by Crippen LogP contribution is 2.27. The number of hydrogen-bond acceptors (Lipinski definition) is 2. The highest BCUT2D eigenvalue weighted by Gasteiger charge is 2.03. The summed E-state index contributed by atoms with van der Waals surface area (Å²) in [6, 6.07) is 5.52. The molecule has 1 rings (SSSR count). The standard InChI is InChI=1S/C10H15ClN2/c1-7(2)6-13-10-8(11)4-3-5-9(10)12/h3-5,7,13H,6,12H2,1-2H3. The van der Waals surface area contributed by atoms with Gasteiger partial charge in [0.1, 0.15) is 0 Å². The van der Waals surface area contributed by atoms with E-state index in [1.54, 1.807) is 0 Å². The molecule has 0 amide bonds. The monoisotopic (exact) mass is 198 g/mol. The topological polar surface area (TPSA) is 38.0 Å². The van der Waals surface area contributed by atoms with E-state index in [0.717, 1.165) is 12.2 Å². The molecule has 0 aliphatic heterocycles. The molecule has 0 aliphatic rings. The van der Waals surface area contributed by atoms with Crippen LogP contribution in [0.2, 0.25) is 5.02 Å². The molecule has 0 fully saturated rings. The third-order valence-electron chi connectivity index (χ3n) is 1.73. The Labute approximate surface area is 84.1 Å². The number of nitrogen functional groups attached to an aromatic ring is 1. The summed E-state index contributed by atoms with van der Waals surface area (Å²) in [7, 11) is 0. The van der Waals surface area contributed by atoms with Crippen molar-refractivity contribution in [1.82, 2.24) is 0 Å². The molecular weight excluding hydrogens is 184 g/mol. The van der Waals surface area contributed by atoms with Crippen LogP contribution in [-0.2, 0) is 0 Å². The molecule has 0 aromatic heterocycles. The average Bonchev–Trinajstić information content (AvgIpc) is 2.03. The van der Waals surface area contributed by atoms with Crippen molar-refractivity contribution in [2.75, 3.05) is 17.6 Å². The molecule has 3 N–H and O–H groups in total. The highest BCUT2D eigenvalue weighted by molar-refractivity contribution is 6.33. The Morgan fingerprint density at radius 2 is 2.15 bits per heavy atom. The normalized spacial score (nSPS) is 10.5. The first-order valence-corrected chi connectivity index (χ1v) is 4.77. The lowest BCUT2D eigenvalue weighted by molar-refractivity contribution is 0.689. The molecule has 0 saturated carbocycles. The fraction of sp³-hybridized carbons (Fsp3) is 0.400. The Morgan fingerprint density at radius 1 is 1.46 bits per heavy atom. The zero-order chi connectivity index (χ0) is 9.84. The lowest BCUT2D eigenvalue weighted by Gasteiger charge is -2.12. The molecule has 0 radical (unpaired) electrons. The molecule has 0 atom stereocenters. The van der Waals surface area contributed by atoms with Gasteiger partial charge in [-0.25, -0.2) is 0 Å². The van der Waals surface area contributed by atoms with Crippen molar-refractivity contribution >= 4 is 23.0 Å². The predicted octanol–water partition coefficient (Wildman–Crippen LogP) is 2.99. The van der Waals surface area contributed by atoms with E-state index in [-0.39, 0.29) is 0 Å². The smallest absolute Gasteiger partial charge is 0.0763 e. The van der Waals surface area contributed by atoms with Crippen LogP contribution in [0.3, 0.4) is 0 Å². The second-order valence-electron chi connectivity index (χ2n) is 3.48. The molecule has 0 aliphatic carbocycles. The lowest BCUT2D eigenvalue weighted by Crippen LogP contribution is -2.09. The van der Waals surface area contributed by atoms with Crippen LogP contribution >= 0.6 is 11.6 Å². The van der Waals surface area contributed by atoms with E-state index in [2.05, 4.69) is 19.2 Å². The Bertz CT molecular complexity index is 264. The minimum absolute atomic E-state index is 0.579. The Morgan fingerprint density at radius 3 is 2.69 bits per heavy atom. The number of nitrogens with two attached hydrogens (primary N) is 1. The van der Waals surface area contributed by atoms with Crippen LogP contribution in [0.4, 0.5) is 11.4 Å². The van der Waals surface area contributed by atoms with Gasteiger partial charge in [-0.2, -0.15) is 0 Å². The van der Waals surface area contributed by atoms with Gasteiger partial charge < -0.3 is 11.1 Å². The molecule has 1 aromatic rings. The van der Waals surface area contributed by atoms with Crippen LogP contribution in [0, 0.1) is 5.92 Å². The van der Waals surface area contributed by atoms with E-state index in [4.69, 9.17) is 17.3 Å². The van der Waals surface area contributed by atoms with Gasteiger partial charge >= 0.3 is 0 Å². The van der Waals surface area contributed by atoms with Crippen LogP contribution in [0.25, 0.3) is 0 Å². The highest BCUT2D eigenvalue weighted by atomic mass is 35.5. The maximum atomic E-state index is 5.97. The number of para-hydroxylation sites is 1. The van der Waals surface area contributed by atoms with E-state index in [1.807, 2.05) is 18.2 Å². The molecule has 0 saturated heterocycles. The number of nitrogens with one attached hydrogen (secondary N) is 1. The summed E-state index contributed by atoms with van der Waals surface area (Å²) in [5.74, 6) is 0.579. The van der Waals surface area contributed by atoms with Crippen molar-refractivity contribution in [2.45, 2.75) is 13.8 Å². The minimum Gasteiger partial charge on any atom is -0.397 e. The van der Waals surface area contributed by atoms with Gasteiger partial charge in [0, 0.05) is 6.54 Å². The summed E-state index contributed by atoms with van der Waals surface area (Å²) in [4.78, 5) is 0. The summed E-state index contributed by atoms with van der Waals surface area (Å²) in [6.07, 6.45) is 0. The molecule has 3 heteroatoms. The third-order valence-corrected chi connectivity index (χ3v) is 2.05. The zero-order valence-corrected chi connectivity index (χ0v) is 8.73. The Kier molecular flexibility index (Phi) is 3.43. The number of hydrogen-bond donors (Lipinski definition) is 2. The molecule has 2 nitrogen and oxygen atoms in total. The number of halogens is 1. The third kappa shape index (κ3) is 2.81. The maximum Gasteiger partial charge on any atom is 0.0763 e. The van der Waals surface area contributed by atoms with Crippen LogP contribution in [0.1, 0.15) is 13.8 Å². The van der Waals surface area contributed by atoms with Crippen molar-refractivity contribution in [1.29, 1.82) is 0 Å². The number of benzene rings is 1. The van der Waals surface area contributed by atoms with Gasteiger partial charge in [0.15, 0.2) is 0 Å². The first-order valence-electron chi connectivity index (χ1n) is 4.39. The Balaban J connectivity index is 2.75. The molecule has 0 heterocycles. The summed E-state index contributed by atoms with van der Waals surface area (Å²) in [5.41, 5.74) is 7.31. The summed E-state index contributed by atoms with van der Waals surface area (Å²) < 4.78 is 0. The molecule has 13 heavy (non-hydrogen) atoms. The molecule has 0 unspecified atom stereocenters.